The molecular weight excluding hydrogens is 344 g/mol. The molecule has 1 aliphatic heterocycles. The number of fused-ring (bicyclic) bond motifs is 1. The predicted octanol–water partition coefficient (Wildman–Crippen LogP) is 3.10. The number of nitrogens with zero attached hydrogens (tertiary/aromatic N) is 2. The van der Waals surface area contributed by atoms with Crippen LogP contribution >= 0.6 is 0 Å². The zero-order chi connectivity index (χ0) is 19.0. The SMILES string of the molecule is Cc1cccc(OCc2c(C(=O)N3C[C@H]4CCC[C@@H](O)[C@H]4C3)noc2C)c1. The van der Waals surface area contributed by atoms with Crippen LogP contribution in [0, 0.1) is 25.7 Å². The summed E-state index contributed by atoms with van der Waals surface area (Å²) in [6, 6.07) is 7.79. The Morgan fingerprint density at radius 1 is 1.33 bits per heavy atom. The van der Waals surface area contributed by atoms with Crippen molar-refractivity contribution >= 4 is 5.91 Å². The lowest BCUT2D eigenvalue weighted by Gasteiger charge is -2.28. The highest BCUT2D eigenvalue weighted by atomic mass is 16.5. The van der Waals surface area contributed by atoms with Crippen LogP contribution in [0.15, 0.2) is 28.8 Å². The van der Waals surface area contributed by atoms with Crippen molar-refractivity contribution in [1.29, 1.82) is 0 Å². The molecule has 3 atom stereocenters. The summed E-state index contributed by atoms with van der Waals surface area (Å²) >= 11 is 0. The Morgan fingerprint density at radius 3 is 2.96 bits per heavy atom. The fraction of sp³-hybridized carbons (Fsp3) is 0.524. The number of hydrogen-bond acceptors (Lipinski definition) is 5. The van der Waals surface area contributed by atoms with Crippen molar-refractivity contribution in [3.63, 3.8) is 0 Å². The molecule has 0 unspecified atom stereocenters. The second kappa shape index (κ2) is 7.35. The maximum absolute atomic E-state index is 13.1. The lowest BCUT2D eigenvalue weighted by molar-refractivity contribution is 0.0538. The summed E-state index contributed by atoms with van der Waals surface area (Å²) in [6.07, 6.45) is 2.64. The van der Waals surface area contributed by atoms with E-state index in [1.165, 1.54) is 0 Å². The van der Waals surface area contributed by atoms with Crippen molar-refractivity contribution < 1.29 is 19.2 Å². The minimum atomic E-state index is -0.301. The van der Waals surface area contributed by atoms with Crippen molar-refractivity contribution in [3.8, 4) is 5.75 Å². The van der Waals surface area contributed by atoms with Gasteiger partial charge < -0.3 is 19.3 Å². The van der Waals surface area contributed by atoms with Gasteiger partial charge in [0, 0.05) is 19.0 Å². The van der Waals surface area contributed by atoms with Crippen LogP contribution in [0.5, 0.6) is 5.75 Å². The van der Waals surface area contributed by atoms with Crippen LogP contribution in [0.25, 0.3) is 0 Å². The van der Waals surface area contributed by atoms with Crippen LogP contribution in [0.1, 0.15) is 46.6 Å². The second-order valence-electron chi connectivity index (χ2n) is 7.80. The molecule has 2 fully saturated rings. The van der Waals surface area contributed by atoms with E-state index in [4.69, 9.17) is 9.26 Å². The van der Waals surface area contributed by atoms with Crippen molar-refractivity contribution in [2.75, 3.05) is 13.1 Å². The quantitative estimate of drug-likeness (QED) is 0.895. The molecule has 1 N–H and O–H groups in total. The van der Waals surface area contributed by atoms with Gasteiger partial charge in [0.05, 0.1) is 11.7 Å². The Morgan fingerprint density at radius 2 is 2.19 bits per heavy atom. The molecule has 1 aromatic carbocycles. The van der Waals surface area contributed by atoms with Crippen LogP contribution in [0.4, 0.5) is 0 Å². The minimum Gasteiger partial charge on any atom is -0.489 e. The molecule has 1 amide bonds. The number of aliphatic hydroxyl groups excluding tert-OH is 1. The van der Waals surface area contributed by atoms with Crippen molar-refractivity contribution in [2.24, 2.45) is 11.8 Å². The molecule has 6 heteroatoms. The molecule has 1 saturated carbocycles. The van der Waals surface area contributed by atoms with Gasteiger partial charge in [-0.3, -0.25) is 4.79 Å². The Kier molecular flexibility index (Phi) is 4.91. The molecule has 6 nitrogen and oxygen atoms in total. The number of aliphatic hydroxyl groups is 1. The maximum Gasteiger partial charge on any atom is 0.276 e. The first-order valence-corrected chi connectivity index (χ1v) is 9.65. The Labute approximate surface area is 159 Å². The van der Waals surface area contributed by atoms with Gasteiger partial charge in [-0.15, -0.1) is 0 Å². The number of aromatic nitrogens is 1. The van der Waals surface area contributed by atoms with Crippen LogP contribution in [0.2, 0.25) is 0 Å². The maximum atomic E-state index is 13.1. The number of hydrogen-bond donors (Lipinski definition) is 1. The Bertz CT molecular complexity index is 831. The number of rotatable bonds is 4. The third-order valence-corrected chi connectivity index (χ3v) is 5.91. The van der Waals surface area contributed by atoms with Gasteiger partial charge in [0.15, 0.2) is 5.69 Å². The van der Waals surface area contributed by atoms with Gasteiger partial charge in [-0.05, 0) is 50.3 Å². The van der Waals surface area contributed by atoms with Gasteiger partial charge in [0.2, 0.25) is 0 Å². The van der Waals surface area contributed by atoms with Gasteiger partial charge in [-0.2, -0.15) is 0 Å². The molecule has 1 aromatic heterocycles. The molecule has 27 heavy (non-hydrogen) atoms. The van der Waals surface area contributed by atoms with Gasteiger partial charge in [-0.1, -0.05) is 23.7 Å². The molecule has 144 valence electrons. The van der Waals surface area contributed by atoms with E-state index in [1.54, 1.807) is 6.92 Å². The first-order chi connectivity index (χ1) is 13.0. The zero-order valence-corrected chi connectivity index (χ0v) is 15.9. The summed E-state index contributed by atoms with van der Waals surface area (Å²) in [5.41, 5.74) is 2.13. The molecule has 2 aromatic rings. The third-order valence-electron chi connectivity index (χ3n) is 5.91. The van der Waals surface area contributed by atoms with E-state index in [0.717, 1.165) is 30.6 Å². The number of carbonyl (C=O) groups excluding carboxylic acids is 1. The first-order valence-electron chi connectivity index (χ1n) is 9.65. The number of amides is 1. The summed E-state index contributed by atoms with van der Waals surface area (Å²) in [7, 11) is 0. The van der Waals surface area contributed by atoms with Gasteiger partial charge >= 0.3 is 0 Å². The monoisotopic (exact) mass is 370 g/mol. The van der Waals surface area contributed by atoms with Crippen molar-refractivity contribution in [3.05, 3.63) is 46.8 Å². The average molecular weight is 370 g/mol. The van der Waals surface area contributed by atoms with E-state index in [9.17, 15) is 9.90 Å². The largest absolute Gasteiger partial charge is 0.489 e. The highest BCUT2D eigenvalue weighted by molar-refractivity contribution is 5.94. The molecule has 2 heterocycles. The summed E-state index contributed by atoms with van der Waals surface area (Å²) in [5, 5.41) is 14.3. The van der Waals surface area contributed by atoms with E-state index >= 15 is 0 Å². The fourth-order valence-corrected chi connectivity index (χ4v) is 4.35. The number of aryl methyl sites for hydroxylation is 2. The molecule has 0 spiro atoms. The minimum absolute atomic E-state index is 0.128. The smallest absolute Gasteiger partial charge is 0.276 e. The van der Waals surface area contributed by atoms with E-state index in [2.05, 4.69) is 5.16 Å². The van der Waals surface area contributed by atoms with Crippen molar-refractivity contribution in [2.45, 2.75) is 45.8 Å². The number of ether oxygens (including phenoxy) is 1. The molecular formula is C21H26N2O4. The molecule has 1 saturated heterocycles. The Hall–Kier alpha value is -2.34. The van der Waals surface area contributed by atoms with E-state index < -0.39 is 0 Å². The fourth-order valence-electron chi connectivity index (χ4n) is 4.35. The summed E-state index contributed by atoms with van der Waals surface area (Å²) in [4.78, 5) is 14.9. The van der Waals surface area contributed by atoms with Gasteiger partial charge in [0.1, 0.15) is 18.1 Å². The van der Waals surface area contributed by atoms with Crippen molar-refractivity contribution in [1.82, 2.24) is 10.1 Å². The lowest BCUT2D eigenvalue weighted by atomic mass is 9.80. The standard InChI is InChI=1S/C21H26N2O4/c1-13-5-3-7-16(9-13)26-12-18-14(2)27-22-20(18)21(25)23-10-15-6-4-8-19(24)17(15)11-23/h3,5,7,9,15,17,19,24H,4,6,8,10-12H2,1-2H3/t15-,17+,19-/m1/s1. The van der Waals surface area contributed by atoms with Crippen LogP contribution in [0.3, 0.4) is 0 Å². The lowest BCUT2D eigenvalue weighted by Crippen LogP contribution is -2.32. The van der Waals surface area contributed by atoms with E-state index in [0.29, 0.717) is 36.0 Å². The number of carbonyl (C=O) groups is 1. The summed E-state index contributed by atoms with van der Waals surface area (Å²) in [5.74, 6) is 1.80. The topological polar surface area (TPSA) is 75.8 Å². The Balaban J connectivity index is 1.48. The average Bonchev–Trinajstić information content (AvgIpc) is 3.24. The van der Waals surface area contributed by atoms with Crippen LogP contribution in [-0.4, -0.2) is 40.3 Å². The molecule has 1 aliphatic carbocycles. The second-order valence-corrected chi connectivity index (χ2v) is 7.80. The molecule has 0 radical (unpaired) electrons. The van der Waals surface area contributed by atoms with Crippen LogP contribution in [-0.2, 0) is 6.61 Å². The molecule has 4 rings (SSSR count). The van der Waals surface area contributed by atoms with Gasteiger partial charge in [-0.25, -0.2) is 0 Å². The third kappa shape index (κ3) is 3.58. The zero-order valence-electron chi connectivity index (χ0n) is 15.9. The van der Waals surface area contributed by atoms with Gasteiger partial charge in [0.25, 0.3) is 5.91 Å². The predicted molar refractivity (Wildman–Crippen MR) is 99.5 cm³/mol. The van der Waals surface area contributed by atoms with E-state index in [-0.39, 0.29) is 24.5 Å². The summed E-state index contributed by atoms with van der Waals surface area (Å²) in [6.45, 7) is 5.32. The highest BCUT2D eigenvalue weighted by Crippen LogP contribution is 2.37. The highest BCUT2D eigenvalue weighted by Gasteiger charge is 2.42. The number of likely N-dealkylation sites (tertiary alicyclic amines) is 1. The first kappa shape index (κ1) is 18.0. The summed E-state index contributed by atoms with van der Waals surface area (Å²) < 4.78 is 11.2. The number of benzene rings is 1. The van der Waals surface area contributed by atoms with Crippen LogP contribution < -0.4 is 4.74 Å². The molecule has 2 aliphatic rings. The molecule has 0 bridgehead atoms. The van der Waals surface area contributed by atoms with E-state index in [1.807, 2.05) is 36.1 Å². The normalized spacial score (nSPS) is 24.7.